The third-order valence-electron chi connectivity index (χ3n) is 5.18. The molecule has 0 bridgehead atoms. The Labute approximate surface area is 201 Å². The summed E-state index contributed by atoms with van der Waals surface area (Å²) in [6.45, 7) is 1.91. The smallest absolute Gasteiger partial charge is 0.287 e. The van der Waals surface area contributed by atoms with Gasteiger partial charge in [0, 0.05) is 36.6 Å². The lowest BCUT2D eigenvalue weighted by Crippen LogP contribution is -2.26. The fourth-order valence-corrected chi connectivity index (χ4v) is 4.58. The largest absolute Gasteiger partial charge is 0.507 e. The zero-order valence-corrected chi connectivity index (χ0v) is 19.4. The standard InChI is InChI=1S/C23H22N6O5S/c1-14-5-7-16(8-6-14)29-22(27-28-23(29)21(24)32)17-12-20(19(31)13-18(17)30)35(33,34)26-11-9-15-4-2-3-10-25-15/h2-8,10,12-13,26,30-31H,9,11H2,1H3,(H2,24,32). The molecule has 0 saturated heterocycles. The molecular formula is C23H22N6O5S. The number of nitrogens with one attached hydrogen (secondary N) is 1. The van der Waals surface area contributed by atoms with Crippen molar-refractivity contribution in [2.24, 2.45) is 5.73 Å². The van der Waals surface area contributed by atoms with Gasteiger partial charge < -0.3 is 15.9 Å². The summed E-state index contributed by atoms with van der Waals surface area (Å²) >= 11 is 0. The minimum absolute atomic E-state index is 0.0281. The van der Waals surface area contributed by atoms with Crippen molar-refractivity contribution in [3.8, 4) is 28.6 Å². The van der Waals surface area contributed by atoms with Gasteiger partial charge >= 0.3 is 0 Å². The van der Waals surface area contributed by atoms with Crippen molar-refractivity contribution in [2.45, 2.75) is 18.2 Å². The summed E-state index contributed by atoms with van der Waals surface area (Å²) in [6.07, 6.45) is 1.93. The Morgan fingerprint density at radius 2 is 1.80 bits per heavy atom. The maximum Gasteiger partial charge on any atom is 0.287 e. The van der Waals surface area contributed by atoms with Crippen molar-refractivity contribution in [1.82, 2.24) is 24.5 Å². The number of aryl methyl sites for hydroxylation is 1. The van der Waals surface area contributed by atoms with Crippen LogP contribution in [0.1, 0.15) is 21.9 Å². The van der Waals surface area contributed by atoms with Gasteiger partial charge in [-0.1, -0.05) is 23.8 Å². The molecule has 4 rings (SSSR count). The molecule has 4 aromatic rings. The number of carbonyl (C=O) groups is 1. The Balaban J connectivity index is 1.74. The molecule has 0 unspecified atom stereocenters. The number of primary amides is 1. The van der Waals surface area contributed by atoms with Gasteiger partial charge in [-0.3, -0.25) is 14.3 Å². The Kier molecular flexibility index (Phi) is 6.49. The molecule has 180 valence electrons. The molecule has 5 N–H and O–H groups in total. The second-order valence-electron chi connectivity index (χ2n) is 7.69. The van der Waals surface area contributed by atoms with Crippen molar-refractivity contribution in [3.05, 3.63) is 77.9 Å². The van der Waals surface area contributed by atoms with E-state index in [1.165, 1.54) is 4.57 Å². The zero-order valence-electron chi connectivity index (χ0n) is 18.6. The molecule has 1 amide bonds. The number of nitrogens with two attached hydrogens (primary N) is 1. The van der Waals surface area contributed by atoms with E-state index in [0.29, 0.717) is 17.8 Å². The molecule has 12 heteroatoms. The average Bonchev–Trinajstić information content (AvgIpc) is 3.25. The number of sulfonamides is 1. The molecule has 0 aliphatic rings. The van der Waals surface area contributed by atoms with Crippen LogP contribution in [-0.2, 0) is 16.4 Å². The minimum atomic E-state index is -4.19. The van der Waals surface area contributed by atoms with Crippen LogP contribution >= 0.6 is 0 Å². The van der Waals surface area contributed by atoms with Crippen LogP contribution in [0.5, 0.6) is 11.5 Å². The number of carbonyl (C=O) groups excluding carboxylic acids is 1. The fourth-order valence-electron chi connectivity index (χ4n) is 3.45. The van der Waals surface area contributed by atoms with Crippen LogP contribution < -0.4 is 10.5 Å². The number of hydrogen-bond acceptors (Lipinski definition) is 8. The van der Waals surface area contributed by atoms with Crippen LogP contribution in [0.25, 0.3) is 17.1 Å². The highest BCUT2D eigenvalue weighted by Gasteiger charge is 2.26. The molecule has 0 aliphatic heterocycles. The van der Waals surface area contributed by atoms with Gasteiger partial charge in [-0.25, -0.2) is 13.1 Å². The van der Waals surface area contributed by atoms with Gasteiger partial charge in [0.1, 0.15) is 16.4 Å². The SMILES string of the molecule is Cc1ccc(-n2c(C(N)=O)nnc2-c2cc(S(=O)(=O)NCCc3ccccn3)c(O)cc2O)cc1. The van der Waals surface area contributed by atoms with E-state index in [4.69, 9.17) is 5.73 Å². The molecule has 0 atom stereocenters. The van der Waals surface area contributed by atoms with Gasteiger partial charge in [0.15, 0.2) is 5.82 Å². The number of hydrogen-bond donors (Lipinski definition) is 4. The summed E-state index contributed by atoms with van der Waals surface area (Å²) in [6, 6.07) is 14.2. The van der Waals surface area contributed by atoms with Gasteiger partial charge in [0.25, 0.3) is 5.91 Å². The van der Waals surface area contributed by atoms with Crippen molar-refractivity contribution < 1.29 is 23.4 Å². The molecule has 0 radical (unpaired) electrons. The first-order valence-corrected chi connectivity index (χ1v) is 11.9. The predicted molar refractivity (Wildman–Crippen MR) is 127 cm³/mol. The number of phenolic OH excluding ortho intramolecular Hbond substituents is 2. The first-order chi connectivity index (χ1) is 16.7. The zero-order chi connectivity index (χ0) is 25.2. The summed E-state index contributed by atoms with van der Waals surface area (Å²) in [4.78, 5) is 15.7. The van der Waals surface area contributed by atoms with Crippen LogP contribution in [0.4, 0.5) is 0 Å². The monoisotopic (exact) mass is 494 g/mol. The first kappa shape index (κ1) is 23.9. The van der Waals surface area contributed by atoms with E-state index in [2.05, 4.69) is 19.9 Å². The van der Waals surface area contributed by atoms with Crippen LogP contribution in [0.2, 0.25) is 0 Å². The summed E-state index contributed by atoms with van der Waals surface area (Å²) in [5.74, 6) is -2.24. The first-order valence-electron chi connectivity index (χ1n) is 10.5. The fraction of sp³-hybridized carbons (Fsp3) is 0.130. The highest BCUT2D eigenvalue weighted by Crippen LogP contribution is 2.37. The Morgan fingerprint density at radius 1 is 1.06 bits per heavy atom. The lowest BCUT2D eigenvalue weighted by Gasteiger charge is -2.13. The van der Waals surface area contributed by atoms with Gasteiger partial charge in [-0.05, 0) is 37.3 Å². The molecule has 0 aliphatic carbocycles. The Morgan fingerprint density at radius 3 is 2.46 bits per heavy atom. The van der Waals surface area contributed by atoms with E-state index < -0.39 is 32.3 Å². The molecule has 0 saturated carbocycles. The quantitative estimate of drug-likeness (QED) is 0.286. The number of nitrogens with zero attached hydrogens (tertiary/aromatic N) is 4. The number of aromatic hydroxyl groups is 2. The molecule has 0 fully saturated rings. The summed E-state index contributed by atoms with van der Waals surface area (Å²) < 4.78 is 29.6. The van der Waals surface area contributed by atoms with Gasteiger partial charge in [-0.15, -0.1) is 10.2 Å². The van der Waals surface area contributed by atoms with E-state index in [1.807, 2.05) is 6.92 Å². The summed E-state index contributed by atoms with van der Waals surface area (Å²) in [5.41, 5.74) is 7.50. The van der Waals surface area contributed by atoms with Crippen molar-refractivity contribution in [3.63, 3.8) is 0 Å². The molecule has 0 spiro atoms. The van der Waals surface area contributed by atoms with Crippen LogP contribution in [0.15, 0.2) is 65.7 Å². The normalized spacial score (nSPS) is 11.5. The summed E-state index contributed by atoms with van der Waals surface area (Å²) in [5, 5.41) is 28.6. The maximum absolute atomic E-state index is 13.0. The second-order valence-corrected chi connectivity index (χ2v) is 9.42. The highest BCUT2D eigenvalue weighted by molar-refractivity contribution is 7.89. The van der Waals surface area contributed by atoms with Crippen LogP contribution in [-0.4, -0.2) is 50.8 Å². The maximum atomic E-state index is 13.0. The van der Waals surface area contributed by atoms with Gasteiger partial charge in [0.2, 0.25) is 15.8 Å². The number of rotatable bonds is 8. The third-order valence-corrected chi connectivity index (χ3v) is 6.67. The van der Waals surface area contributed by atoms with Gasteiger partial charge in [0.05, 0.1) is 5.56 Å². The molecule has 2 aromatic heterocycles. The van der Waals surface area contributed by atoms with Crippen LogP contribution in [0.3, 0.4) is 0 Å². The van der Waals surface area contributed by atoms with E-state index in [1.54, 1.807) is 48.7 Å². The van der Waals surface area contributed by atoms with E-state index in [-0.39, 0.29) is 23.8 Å². The van der Waals surface area contributed by atoms with E-state index >= 15 is 0 Å². The number of benzene rings is 2. The number of aromatic nitrogens is 4. The minimum Gasteiger partial charge on any atom is -0.507 e. The number of pyridine rings is 1. The van der Waals surface area contributed by atoms with Crippen molar-refractivity contribution in [2.75, 3.05) is 6.54 Å². The summed E-state index contributed by atoms with van der Waals surface area (Å²) in [7, 11) is -4.19. The molecule has 2 aromatic carbocycles. The number of amides is 1. The third kappa shape index (κ3) is 4.98. The Bertz CT molecular complexity index is 1490. The van der Waals surface area contributed by atoms with Crippen molar-refractivity contribution >= 4 is 15.9 Å². The average molecular weight is 495 g/mol. The topological polar surface area (TPSA) is 173 Å². The molecular weight excluding hydrogens is 472 g/mol. The lowest BCUT2D eigenvalue weighted by atomic mass is 10.1. The van der Waals surface area contributed by atoms with E-state index in [0.717, 1.165) is 17.7 Å². The Hall–Kier alpha value is -4.29. The lowest BCUT2D eigenvalue weighted by molar-refractivity contribution is 0.0988. The van der Waals surface area contributed by atoms with Gasteiger partial charge in [-0.2, -0.15) is 0 Å². The van der Waals surface area contributed by atoms with Crippen LogP contribution in [0, 0.1) is 6.92 Å². The number of phenols is 2. The molecule has 35 heavy (non-hydrogen) atoms. The predicted octanol–water partition coefficient (Wildman–Crippen LogP) is 1.67. The molecule has 11 nitrogen and oxygen atoms in total. The van der Waals surface area contributed by atoms with Crippen molar-refractivity contribution in [1.29, 1.82) is 0 Å². The highest BCUT2D eigenvalue weighted by atomic mass is 32.2. The molecule has 2 heterocycles. The van der Waals surface area contributed by atoms with E-state index in [9.17, 15) is 23.4 Å². The second kappa shape index (κ2) is 9.52.